The number of likely N-dealkylation sites (tertiary alicyclic amines) is 1. The Balaban J connectivity index is 0.000000771. The van der Waals surface area contributed by atoms with Gasteiger partial charge in [-0.15, -0.1) is 0 Å². The Bertz CT molecular complexity index is 365. The third kappa shape index (κ3) is 3.84. The fraction of sp³-hybridized carbons (Fsp3) is 0.533. The molecule has 1 fully saturated rings. The molecule has 2 N–H and O–H groups in total. The van der Waals surface area contributed by atoms with Gasteiger partial charge in [-0.3, -0.25) is 4.79 Å². The van der Waals surface area contributed by atoms with Gasteiger partial charge in [0.1, 0.15) is 0 Å². The molecule has 1 saturated heterocycles. The molecule has 1 aliphatic heterocycles. The van der Waals surface area contributed by atoms with Crippen LogP contribution in [-0.2, 0) is 0 Å². The van der Waals surface area contributed by atoms with E-state index >= 15 is 0 Å². The molecule has 0 saturated carbocycles. The van der Waals surface area contributed by atoms with Crippen molar-refractivity contribution in [1.82, 2.24) is 4.90 Å². The molecule has 0 spiro atoms. The molecule has 3 heteroatoms. The fourth-order valence-electron chi connectivity index (χ4n) is 1.98. The summed E-state index contributed by atoms with van der Waals surface area (Å²) in [6, 6.07) is 8.01. The predicted octanol–water partition coefficient (Wildman–Crippen LogP) is 2.58. The van der Waals surface area contributed by atoms with Gasteiger partial charge in [-0.05, 0) is 31.9 Å². The van der Waals surface area contributed by atoms with Crippen molar-refractivity contribution in [1.29, 1.82) is 0 Å². The largest absolute Gasteiger partial charge is 0.339 e. The summed E-state index contributed by atoms with van der Waals surface area (Å²) in [4.78, 5) is 14.0. The van der Waals surface area contributed by atoms with Crippen LogP contribution in [-0.4, -0.2) is 29.9 Å². The first-order chi connectivity index (χ1) is 8.66. The molecule has 2 rings (SSSR count). The minimum atomic E-state index is 0.131. The van der Waals surface area contributed by atoms with Crippen LogP contribution < -0.4 is 5.73 Å². The van der Waals surface area contributed by atoms with Gasteiger partial charge in [-0.1, -0.05) is 31.5 Å². The van der Waals surface area contributed by atoms with Crippen LogP contribution in [0.2, 0.25) is 0 Å². The van der Waals surface area contributed by atoms with Gasteiger partial charge >= 0.3 is 0 Å². The number of carbonyl (C=O) groups is 1. The van der Waals surface area contributed by atoms with Crippen molar-refractivity contribution in [3.8, 4) is 0 Å². The van der Waals surface area contributed by atoms with Gasteiger partial charge in [-0.25, -0.2) is 0 Å². The van der Waals surface area contributed by atoms with Gasteiger partial charge in [0.2, 0.25) is 0 Å². The average Bonchev–Trinajstić information content (AvgIpc) is 2.42. The minimum absolute atomic E-state index is 0.131. The summed E-state index contributed by atoms with van der Waals surface area (Å²) in [6.07, 6.45) is 1.83. The Morgan fingerprint density at radius 1 is 1.17 bits per heavy atom. The molecule has 0 aromatic heterocycles. The topological polar surface area (TPSA) is 46.3 Å². The zero-order valence-corrected chi connectivity index (χ0v) is 11.6. The maximum absolute atomic E-state index is 12.1. The van der Waals surface area contributed by atoms with Crippen molar-refractivity contribution >= 4 is 5.91 Å². The molecule has 0 unspecified atom stereocenters. The highest BCUT2D eigenvalue weighted by atomic mass is 16.2. The number of nitrogens with two attached hydrogens (primary N) is 1. The molecular formula is C15H24N2O. The number of carbonyl (C=O) groups excluding carboxylic acids is 1. The minimum Gasteiger partial charge on any atom is -0.339 e. The van der Waals surface area contributed by atoms with Crippen LogP contribution in [0.5, 0.6) is 0 Å². The van der Waals surface area contributed by atoms with E-state index in [1.807, 2.05) is 49.9 Å². The maximum Gasteiger partial charge on any atom is 0.253 e. The second-order valence-corrected chi connectivity index (χ2v) is 4.50. The van der Waals surface area contributed by atoms with E-state index in [9.17, 15) is 4.79 Å². The number of nitrogens with zero attached hydrogens (tertiary/aromatic N) is 1. The number of benzene rings is 1. The summed E-state index contributed by atoms with van der Waals surface area (Å²) < 4.78 is 0. The van der Waals surface area contributed by atoms with Crippen LogP contribution in [0.4, 0.5) is 0 Å². The Kier molecular flexibility index (Phi) is 5.86. The summed E-state index contributed by atoms with van der Waals surface area (Å²) >= 11 is 0. The molecule has 18 heavy (non-hydrogen) atoms. The highest BCUT2D eigenvalue weighted by Crippen LogP contribution is 2.13. The quantitative estimate of drug-likeness (QED) is 0.830. The molecule has 0 aliphatic carbocycles. The Morgan fingerprint density at radius 3 is 2.17 bits per heavy atom. The first kappa shape index (κ1) is 14.7. The first-order valence-corrected chi connectivity index (χ1v) is 6.78. The summed E-state index contributed by atoms with van der Waals surface area (Å²) in [6.45, 7) is 7.59. The van der Waals surface area contributed by atoms with E-state index in [1.165, 1.54) is 5.56 Å². The highest BCUT2D eigenvalue weighted by molar-refractivity contribution is 5.94. The van der Waals surface area contributed by atoms with Crippen molar-refractivity contribution in [3.63, 3.8) is 0 Å². The van der Waals surface area contributed by atoms with E-state index in [0.29, 0.717) is 0 Å². The molecule has 0 radical (unpaired) electrons. The van der Waals surface area contributed by atoms with Gasteiger partial charge < -0.3 is 10.6 Å². The number of hydrogen-bond donors (Lipinski definition) is 1. The van der Waals surface area contributed by atoms with E-state index in [4.69, 9.17) is 5.73 Å². The second-order valence-electron chi connectivity index (χ2n) is 4.50. The van der Waals surface area contributed by atoms with Gasteiger partial charge in [-0.2, -0.15) is 0 Å². The fourth-order valence-corrected chi connectivity index (χ4v) is 1.98. The molecule has 1 heterocycles. The molecule has 0 bridgehead atoms. The van der Waals surface area contributed by atoms with Crippen LogP contribution in [0.1, 0.15) is 42.6 Å². The zero-order valence-electron chi connectivity index (χ0n) is 11.6. The Hall–Kier alpha value is -1.35. The van der Waals surface area contributed by atoms with E-state index in [0.717, 1.165) is 31.5 Å². The smallest absolute Gasteiger partial charge is 0.253 e. The van der Waals surface area contributed by atoms with Crippen molar-refractivity contribution in [2.75, 3.05) is 13.1 Å². The van der Waals surface area contributed by atoms with E-state index in [1.54, 1.807) is 0 Å². The number of rotatable bonds is 1. The molecule has 100 valence electrons. The molecule has 1 aromatic carbocycles. The SMILES string of the molecule is CC.Cc1ccc(C(=O)N2CCC(N)CC2)cc1. The number of aryl methyl sites for hydroxylation is 1. The van der Waals surface area contributed by atoms with Crippen molar-refractivity contribution < 1.29 is 4.79 Å². The van der Waals surface area contributed by atoms with Crippen LogP contribution in [0.15, 0.2) is 24.3 Å². The Labute approximate surface area is 110 Å². The first-order valence-electron chi connectivity index (χ1n) is 6.78. The van der Waals surface area contributed by atoms with Gasteiger partial charge in [0.15, 0.2) is 0 Å². The van der Waals surface area contributed by atoms with E-state index < -0.39 is 0 Å². The number of piperidine rings is 1. The van der Waals surface area contributed by atoms with E-state index in [2.05, 4.69) is 0 Å². The standard InChI is InChI=1S/C13H18N2O.C2H6/c1-10-2-4-11(5-3-10)13(16)15-8-6-12(14)7-9-15;1-2/h2-5,12H,6-9,14H2,1H3;1-2H3. The zero-order chi connectivity index (χ0) is 13.5. The molecule has 1 aromatic rings. The van der Waals surface area contributed by atoms with Crippen molar-refractivity contribution in [2.45, 2.75) is 39.7 Å². The molecular weight excluding hydrogens is 224 g/mol. The van der Waals surface area contributed by atoms with Gasteiger partial charge in [0.05, 0.1) is 0 Å². The number of amides is 1. The molecule has 1 aliphatic rings. The lowest BCUT2D eigenvalue weighted by atomic mass is 10.0. The maximum atomic E-state index is 12.1. The average molecular weight is 248 g/mol. The normalized spacial score (nSPS) is 15.9. The van der Waals surface area contributed by atoms with Crippen LogP contribution in [0.3, 0.4) is 0 Å². The third-order valence-corrected chi connectivity index (χ3v) is 3.13. The lowest BCUT2D eigenvalue weighted by Crippen LogP contribution is -2.42. The summed E-state index contributed by atoms with van der Waals surface area (Å²) in [5.74, 6) is 0.131. The van der Waals surface area contributed by atoms with Crippen molar-refractivity contribution in [3.05, 3.63) is 35.4 Å². The Morgan fingerprint density at radius 2 is 1.67 bits per heavy atom. The molecule has 0 atom stereocenters. The lowest BCUT2D eigenvalue weighted by Gasteiger charge is -2.30. The van der Waals surface area contributed by atoms with Gasteiger partial charge in [0, 0.05) is 24.7 Å². The predicted molar refractivity (Wildman–Crippen MR) is 75.6 cm³/mol. The van der Waals surface area contributed by atoms with Gasteiger partial charge in [0.25, 0.3) is 5.91 Å². The second kappa shape index (κ2) is 7.17. The highest BCUT2D eigenvalue weighted by Gasteiger charge is 2.21. The van der Waals surface area contributed by atoms with Crippen molar-refractivity contribution in [2.24, 2.45) is 5.73 Å². The van der Waals surface area contributed by atoms with Crippen LogP contribution in [0.25, 0.3) is 0 Å². The summed E-state index contributed by atoms with van der Waals surface area (Å²) in [5.41, 5.74) is 7.77. The van der Waals surface area contributed by atoms with Crippen LogP contribution >= 0.6 is 0 Å². The van der Waals surface area contributed by atoms with E-state index in [-0.39, 0.29) is 11.9 Å². The third-order valence-electron chi connectivity index (χ3n) is 3.13. The monoisotopic (exact) mass is 248 g/mol. The lowest BCUT2D eigenvalue weighted by molar-refractivity contribution is 0.0715. The number of hydrogen-bond acceptors (Lipinski definition) is 2. The molecule has 3 nitrogen and oxygen atoms in total. The summed E-state index contributed by atoms with van der Waals surface area (Å²) in [7, 11) is 0. The summed E-state index contributed by atoms with van der Waals surface area (Å²) in [5, 5.41) is 0. The van der Waals surface area contributed by atoms with Crippen LogP contribution in [0, 0.1) is 6.92 Å². The molecule has 1 amide bonds.